The first-order chi connectivity index (χ1) is 7.74. The normalized spacial score (nSPS) is 16.1. The molecule has 3 nitrogen and oxygen atoms in total. The van der Waals surface area contributed by atoms with Gasteiger partial charge in [0.2, 0.25) is 0 Å². The van der Waals surface area contributed by atoms with Gasteiger partial charge in [-0.15, -0.1) is 0 Å². The van der Waals surface area contributed by atoms with Crippen molar-refractivity contribution in [2.45, 2.75) is 13.3 Å². The van der Waals surface area contributed by atoms with E-state index in [-0.39, 0.29) is 0 Å². The van der Waals surface area contributed by atoms with Crippen LogP contribution in [0.1, 0.15) is 18.9 Å². The molecular formula is C12H10ClN3. The van der Waals surface area contributed by atoms with Crippen molar-refractivity contribution in [3.05, 3.63) is 34.9 Å². The summed E-state index contributed by atoms with van der Waals surface area (Å²) in [7, 11) is 0. The zero-order chi connectivity index (χ0) is 11.5. The van der Waals surface area contributed by atoms with Gasteiger partial charge >= 0.3 is 0 Å². The van der Waals surface area contributed by atoms with Crippen molar-refractivity contribution in [3.63, 3.8) is 0 Å². The Hall–Kier alpha value is -1.79. The van der Waals surface area contributed by atoms with Crippen LogP contribution in [-0.2, 0) is 0 Å². The first kappa shape index (κ1) is 10.7. The highest BCUT2D eigenvalue weighted by Crippen LogP contribution is 2.31. The molecule has 0 unspecified atom stereocenters. The molecule has 1 aromatic rings. The van der Waals surface area contributed by atoms with Crippen molar-refractivity contribution >= 4 is 28.8 Å². The average molecular weight is 232 g/mol. The molecule has 2 rings (SSSR count). The minimum atomic E-state index is 0.638. The van der Waals surface area contributed by atoms with Crippen molar-refractivity contribution in [1.82, 2.24) is 5.32 Å². The summed E-state index contributed by atoms with van der Waals surface area (Å²) in [6.07, 6.45) is 2.27. The van der Waals surface area contributed by atoms with Crippen LogP contribution in [0.5, 0.6) is 0 Å². The summed E-state index contributed by atoms with van der Waals surface area (Å²) in [4.78, 5) is 4.43. The summed E-state index contributed by atoms with van der Waals surface area (Å²) in [6.45, 7) is 2.01. The Morgan fingerprint density at radius 2 is 2.38 bits per heavy atom. The Kier molecular flexibility index (Phi) is 2.93. The van der Waals surface area contributed by atoms with E-state index in [1.54, 1.807) is 6.07 Å². The molecule has 80 valence electrons. The minimum absolute atomic E-state index is 0.638. The van der Waals surface area contributed by atoms with Gasteiger partial charge in [-0.2, -0.15) is 5.26 Å². The second kappa shape index (κ2) is 4.38. The molecular weight excluding hydrogens is 222 g/mol. The molecule has 0 saturated heterocycles. The third kappa shape index (κ3) is 1.93. The van der Waals surface area contributed by atoms with E-state index in [0.29, 0.717) is 5.02 Å². The molecule has 1 aliphatic heterocycles. The van der Waals surface area contributed by atoms with E-state index in [1.807, 2.05) is 25.1 Å². The summed E-state index contributed by atoms with van der Waals surface area (Å²) in [5.41, 5.74) is 2.47. The standard InChI is InChI=1S/C12H10ClN3/c1-2-12-15-10-4-3-8(13)7-9(10)11(16-12)5-6-14/h3-5,7H,2H2,1H3,(H,15,16)/b11-5-. The maximum absolute atomic E-state index is 8.73. The quantitative estimate of drug-likeness (QED) is 0.755. The van der Waals surface area contributed by atoms with Crippen LogP contribution in [0.15, 0.2) is 29.3 Å². The predicted molar refractivity (Wildman–Crippen MR) is 65.6 cm³/mol. The van der Waals surface area contributed by atoms with Gasteiger partial charge in [0.1, 0.15) is 5.84 Å². The van der Waals surface area contributed by atoms with Gasteiger partial charge in [0, 0.05) is 23.1 Å². The van der Waals surface area contributed by atoms with Gasteiger partial charge in [0.25, 0.3) is 0 Å². The molecule has 16 heavy (non-hydrogen) atoms. The number of nitriles is 1. The smallest absolute Gasteiger partial charge is 0.106 e. The third-order valence-corrected chi connectivity index (χ3v) is 2.56. The molecule has 0 atom stereocenters. The number of benzene rings is 1. The molecule has 0 amide bonds. The summed E-state index contributed by atoms with van der Waals surface area (Å²) in [5, 5.41) is 12.5. The fourth-order valence-electron chi connectivity index (χ4n) is 1.56. The largest absolute Gasteiger partial charge is 0.343 e. The molecule has 1 N–H and O–H groups in total. The molecule has 0 aromatic heterocycles. The Morgan fingerprint density at radius 3 is 3.06 bits per heavy atom. The fourth-order valence-corrected chi connectivity index (χ4v) is 1.74. The van der Waals surface area contributed by atoms with Crippen molar-refractivity contribution in [2.75, 3.05) is 0 Å². The number of hydrogen-bond donors (Lipinski definition) is 1. The van der Waals surface area contributed by atoms with E-state index in [0.717, 1.165) is 29.2 Å². The first-order valence-electron chi connectivity index (χ1n) is 4.99. The van der Waals surface area contributed by atoms with Crippen molar-refractivity contribution in [3.8, 4) is 6.07 Å². The number of fused-ring (bicyclic) bond motifs is 1. The van der Waals surface area contributed by atoms with Crippen LogP contribution in [-0.4, -0.2) is 5.84 Å². The number of hydrogen-bond acceptors (Lipinski definition) is 3. The zero-order valence-electron chi connectivity index (χ0n) is 8.79. The molecule has 0 radical (unpaired) electrons. The maximum Gasteiger partial charge on any atom is 0.106 e. The summed E-state index contributed by atoms with van der Waals surface area (Å²) in [5.74, 6) is 0.858. The van der Waals surface area contributed by atoms with Gasteiger partial charge < -0.3 is 5.32 Å². The topological polar surface area (TPSA) is 48.2 Å². The number of allylic oxidation sites excluding steroid dienone is 1. The Bertz CT molecular complexity index is 524. The van der Waals surface area contributed by atoms with Crippen LogP contribution >= 0.6 is 11.6 Å². The zero-order valence-corrected chi connectivity index (χ0v) is 9.54. The number of halogens is 1. The molecule has 1 aliphatic rings. The van der Waals surface area contributed by atoms with Gasteiger partial charge in [0.15, 0.2) is 0 Å². The Labute approximate surface area is 99.1 Å². The van der Waals surface area contributed by atoms with Gasteiger partial charge in [0.05, 0.1) is 17.5 Å². The van der Waals surface area contributed by atoms with Crippen LogP contribution in [0.25, 0.3) is 5.70 Å². The molecule has 0 fully saturated rings. The van der Waals surface area contributed by atoms with Crippen LogP contribution in [0, 0.1) is 11.3 Å². The van der Waals surface area contributed by atoms with Crippen molar-refractivity contribution < 1.29 is 0 Å². The summed E-state index contributed by atoms with van der Waals surface area (Å²) in [6, 6.07) is 7.49. The molecule has 0 spiro atoms. The second-order valence-electron chi connectivity index (χ2n) is 3.39. The lowest BCUT2D eigenvalue weighted by Gasteiger charge is -2.19. The second-order valence-corrected chi connectivity index (χ2v) is 3.82. The molecule has 0 bridgehead atoms. The van der Waals surface area contributed by atoms with Gasteiger partial charge in [-0.05, 0) is 18.2 Å². The number of rotatable bonds is 1. The highest BCUT2D eigenvalue weighted by molar-refractivity contribution is 6.31. The van der Waals surface area contributed by atoms with E-state index in [4.69, 9.17) is 16.9 Å². The van der Waals surface area contributed by atoms with E-state index in [1.165, 1.54) is 6.08 Å². The van der Waals surface area contributed by atoms with E-state index in [9.17, 15) is 0 Å². The minimum Gasteiger partial charge on any atom is -0.343 e. The van der Waals surface area contributed by atoms with E-state index in [2.05, 4.69) is 10.3 Å². The molecule has 1 aromatic carbocycles. The monoisotopic (exact) mass is 231 g/mol. The van der Waals surface area contributed by atoms with Gasteiger partial charge in [-0.3, -0.25) is 0 Å². The predicted octanol–water partition coefficient (Wildman–Crippen LogP) is 3.25. The number of nitrogens with zero attached hydrogens (tertiary/aromatic N) is 2. The van der Waals surface area contributed by atoms with Crippen LogP contribution in [0.2, 0.25) is 5.02 Å². The van der Waals surface area contributed by atoms with E-state index >= 15 is 0 Å². The van der Waals surface area contributed by atoms with Crippen molar-refractivity contribution in [1.29, 1.82) is 5.26 Å². The lowest BCUT2D eigenvalue weighted by molar-refractivity contribution is 1.12. The van der Waals surface area contributed by atoms with E-state index < -0.39 is 0 Å². The average Bonchev–Trinajstić information content (AvgIpc) is 2.30. The van der Waals surface area contributed by atoms with Crippen LogP contribution in [0.3, 0.4) is 0 Å². The fraction of sp³-hybridized carbons (Fsp3) is 0.167. The van der Waals surface area contributed by atoms with Gasteiger partial charge in [-0.1, -0.05) is 18.5 Å². The molecule has 0 aliphatic carbocycles. The number of nitrogens with one attached hydrogen (secondary N) is 1. The molecule has 0 saturated carbocycles. The lowest BCUT2D eigenvalue weighted by Crippen LogP contribution is -2.24. The van der Waals surface area contributed by atoms with Gasteiger partial charge in [-0.25, -0.2) is 4.99 Å². The van der Waals surface area contributed by atoms with Crippen LogP contribution in [0.4, 0.5) is 5.69 Å². The lowest BCUT2D eigenvalue weighted by atomic mass is 10.1. The first-order valence-corrected chi connectivity index (χ1v) is 5.36. The molecule has 1 heterocycles. The SMILES string of the molecule is CCC1=Nc2ccc(Cl)cc2/C(=C/C#N)N1. The maximum atomic E-state index is 8.73. The highest BCUT2D eigenvalue weighted by Gasteiger charge is 2.15. The summed E-state index contributed by atoms with van der Waals surface area (Å²) < 4.78 is 0. The Balaban J connectivity index is 2.59. The third-order valence-electron chi connectivity index (χ3n) is 2.33. The van der Waals surface area contributed by atoms with Crippen molar-refractivity contribution in [2.24, 2.45) is 4.99 Å². The number of aliphatic imine (C=N–C) groups is 1. The molecule has 4 heteroatoms. The Morgan fingerprint density at radius 1 is 1.56 bits per heavy atom. The van der Waals surface area contributed by atoms with Crippen LogP contribution < -0.4 is 5.32 Å². The number of amidine groups is 1. The summed E-state index contributed by atoms with van der Waals surface area (Å²) >= 11 is 5.93. The highest BCUT2D eigenvalue weighted by atomic mass is 35.5.